The van der Waals surface area contributed by atoms with Gasteiger partial charge in [0.05, 0.1) is 11.6 Å². The van der Waals surface area contributed by atoms with Crippen LogP contribution in [0, 0.1) is 12.8 Å². The molecule has 4 aromatic rings. The van der Waals surface area contributed by atoms with Crippen LogP contribution in [0.1, 0.15) is 54.6 Å². The monoisotopic (exact) mass is 366 g/mol. The average molecular weight is 366 g/mol. The zero-order chi connectivity index (χ0) is 17.8. The first-order chi connectivity index (χ1) is 12.6. The Morgan fingerprint density at radius 2 is 2.27 bits per heavy atom. The average Bonchev–Trinajstić information content (AvgIpc) is 3.35. The highest BCUT2D eigenvalue weighted by Gasteiger charge is 2.25. The van der Waals surface area contributed by atoms with Gasteiger partial charge in [-0.05, 0) is 50.2 Å². The van der Waals surface area contributed by atoms with Crippen molar-refractivity contribution in [1.82, 2.24) is 29.4 Å². The maximum atomic E-state index is 4.90. The quantitative estimate of drug-likeness (QED) is 0.550. The SMILES string of the molecule is CC[C@@H]1CCc2c(sc3ncn4nc([C@@H](C)n5cc(C)cn5)nc4c23)C1. The van der Waals surface area contributed by atoms with Crippen LogP contribution >= 0.6 is 11.3 Å². The van der Waals surface area contributed by atoms with Gasteiger partial charge in [0.15, 0.2) is 11.5 Å². The highest BCUT2D eigenvalue weighted by Crippen LogP contribution is 2.39. The molecular formula is C19H22N6S. The van der Waals surface area contributed by atoms with Crippen LogP contribution in [0.2, 0.25) is 0 Å². The van der Waals surface area contributed by atoms with Crippen LogP contribution in [-0.4, -0.2) is 29.4 Å². The Morgan fingerprint density at radius 1 is 1.38 bits per heavy atom. The van der Waals surface area contributed by atoms with Crippen LogP contribution in [0.4, 0.5) is 0 Å². The van der Waals surface area contributed by atoms with E-state index in [1.54, 1.807) is 6.33 Å². The summed E-state index contributed by atoms with van der Waals surface area (Å²) < 4.78 is 3.76. The molecule has 1 aliphatic carbocycles. The van der Waals surface area contributed by atoms with E-state index in [-0.39, 0.29) is 6.04 Å². The Labute approximate surface area is 155 Å². The molecule has 4 heterocycles. The smallest absolute Gasteiger partial charge is 0.176 e. The van der Waals surface area contributed by atoms with Crippen molar-refractivity contribution in [3.8, 4) is 0 Å². The molecule has 0 amide bonds. The molecule has 6 nitrogen and oxygen atoms in total. The minimum Gasteiger partial charge on any atom is -0.262 e. The highest BCUT2D eigenvalue weighted by atomic mass is 32.1. The van der Waals surface area contributed by atoms with E-state index in [1.807, 2.05) is 39.9 Å². The van der Waals surface area contributed by atoms with Crippen molar-refractivity contribution in [2.75, 3.05) is 0 Å². The van der Waals surface area contributed by atoms with Gasteiger partial charge in [0.1, 0.15) is 17.2 Å². The molecule has 5 rings (SSSR count). The van der Waals surface area contributed by atoms with Crippen molar-refractivity contribution in [3.05, 3.63) is 40.5 Å². The van der Waals surface area contributed by atoms with Crippen molar-refractivity contribution >= 4 is 27.2 Å². The normalized spacial score (nSPS) is 18.5. The molecule has 1 aliphatic rings. The van der Waals surface area contributed by atoms with E-state index < -0.39 is 0 Å². The van der Waals surface area contributed by atoms with E-state index >= 15 is 0 Å². The van der Waals surface area contributed by atoms with E-state index in [2.05, 4.69) is 23.9 Å². The minimum atomic E-state index is -0.00224. The van der Waals surface area contributed by atoms with E-state index in [9.17, 15) is 0 Å². The van der Waals surface area contributed by atoms with E-state index in [0.717, 1.165) is 34.2 Å². The Hall–Kier alpha value is -2.28. The lowest BCUT2D eigenvalue weighted by Gasteiger charge is -2.20. The summed E-state index contributed by atoms with van der Waals surface area (Å²) in [6, 6.07) is -0.00224. The summed E-state index contributed by atoms with van der Waals surface area (Å²) in [5.41, 5.74) is 3.53. The van der Waals surface area contributed by atoms with Gasteiger partial charge in [-0.15, -0.1) is 16.4 Å². The lowest BCUT2D eigenvalue weighted by molar-refractivity contribution is 0.451. The molecule has 0 saturated carbocycles. The number of hydrogen-bond acceptors (Lipinski definition) is 5. The fourth-order valence-corrected chi connectivity index (χ4v) is 5.24. The van der Waals surface area contributed by atoms with Gasteiger partial charge >= 0.3 is 0 Å². The first-order valence-electron chi connectivity index (χ1n) is 9.30. The fourth-order valence-electron chi connectivity index (χ4n) is 3.95. The number of fused-ring (bicyclic) bond motifs is 5. The molecule has 0 N–H and O–H groups in total. The molecule has 0 spiro atoms. The highest BCUT2D eigenvalue weighted by molar-refractivity contribution is 7.19. The van der Waals surface area contributed by atoms with Gasteiger partial charge < -0.3 is 0 Å². The maximum absolute atomic E-state index is 4.90. The summed E-state index contributed by atoms with van der Waals surface area (Å²) in [5.74, 6) is 1.59. The summed E-state index contributed by atoms with van der Waals surface area (Å²) >= 11 is 1.84. The summed E-state index contributed by atoms with van der Waals surface area (Å²) in [4.78, 5) is 12.2. The summed E-state index contributed by atoms with van der Waals surface area (Å²) in [6.07, 6.45) is 10.5. The first kappa shape index (κ1) is 15.9. The summed E-state index contributed by atoms with van der Waals surface area (Å²) in [7, 11) is 0. The molecular weight excluding hydrogens is 344 g/mol. The standard InChI is InChI=1S/C19H22N6S/c1-4-13-5-6-14-15(7-13)26-19-16(14)18-22-17(23-25(18)10-20-19)12(3)24-9-11(2)8-21-24/h8-10,12-13H,4-7H2,1-3H3/t12-,13-/m1/s1. The Balaban J connectivity index is 1.64. The molecule has 0 radical (unpaired) electrons. The number of aryl methyl sites for hydroxylation is 2. The van der Waals surface area contributed by atoms with Crippen molar-refractivity contribution in [2.45, 2.75) is 52.5 Å². The lowest BCUT2D eigenvalue weighted by Crippen LogP contribution is -2.11. The van der Waals surface area contributed by atoms with E-state index in [0.29, 0.717) is 0 Å². The number of thiophene rings is 1. The third-order valence-corrected chi connectivity index (χ3v) is 6.75. The largest absolute Gasteiger partial charge is 0.262 e. The first-order valence-corrected chi connectivity index (χ1v) is 10.1. The molecule has 26 heavy (non-hydrogen) atoms. The van der Waals surface area contributed by atoms with Gasteiger partial charge in [0.25, 0.3) is 0 Å². The topological polar surface area (TPSA) is 60.9 Å². The van der Waals surface area contributed by atoms with Crippen LogP contribution in [0.3, 0.4) is 0 Å². The Kier molecular flexibility index (Phi) is 3.60. The van der Waals surface area contributed by atoms with Gasteiger partial charge in [0.2, 0.25) is 0 Å². The predicted molar refractivity (Wildman–Crippen MR) is 103 cm³/mol. The fraction of sp³-hybridized carbons (Fsp3) is 0.474. The van der Waals surface area contributed by atoms with Crippen LogP contribution in [0.25, 0.3) is 15.9 Å². The third-order valence-electron chi connectivity index (χ3n) is 5.58. The lowest BCUT2D eigenvalue weighted by atomic mass is 9.86. The maximum Gasteiger partial charge on any atom is 0.176 e. The summed E-state index contributed by atoms with van der Waals surface area (Å²) in [5, 5.41) is 10.3. The molecule has 0 aromatic carbocycles. The number of rotatable bonds is 3. The van der Waals surface area contributed by atoms with Gasteiger partial charge in [-0.2, -0.15) is 5.10 Å². The van der Waals surface area contributed by atoms with Gasteiger partial charge in [-0.25, -0.2) is 14.5 Å². The van der Waals surface area contributed by atoms with Gasteiger partial charge in [0, 0.05) is 11.1 Å². The molecule has 134 valence electrons. The molecule has 4 aromatic heterocycles. The third kappa shape index (κ3) is 2.37. The zero-order valence-corrected chi connectivity index (χ0v) is 16.1. The van der Waals surface area contributed by atoms with Crippen molar-refractivity contribution in [1.29, 1.82) is 0 Å². The second kappa shape index (κ2) is 5.87. The van der Waals surface area contributed by atoms with Crippen molar-refractivity contribution in [2.24, 2.45) is 5.92 Å². The van der Waals surface area contributed by atoms with Gasteiger partial charge in [-0.1, -0.05) is 13.3 Å². The zero-order valence-electron chi connectivity index (χ0n) is 15.3. The predicted octanol–water partition coefficient (Wildman–Crippen LogP) is 3.97. The number of aromatic nitrogens is 6. The summed E-state index contributed by atoms with van der Waals surface area (Å²) in [6.45, 7) is 6.42. The Morgan fingerprint density at radius 3 is 3.04 bits per heavy atom. The molecule has 0 saturated heterocycles. The molecule has 0 fully saturated rings. The van der Waals surface area contributed by atoms with Crippen molar-refractivity contribution in [3.63, 3.8) is 0 Å². The van der Waals surface area contributed by atoms with E-state index in [1.165, 1.54) is 35.1 Å². The van der Waals surface area contributed by atoms with Crippen molar-refractivity contribution < 1.29 is 0 Å². The van der Waals surface area contributed by atoms with Gasteiger partial charge in [-0.3, -0.25) is 4.68 Å². The van der Waals surface area contributed by atoms with E-state index in [4.69, 9.17) is 10.1 Å². The minimum absolute atomic E-state index is 0.00224. The molecule has 0 unspecified atom stereocenters. The second-order valence-corrected chi connectivity index (χ2v) is 8.44. The van der Waals surface area contributed by atoms with Crippen LogP contribution in [0.15, 0.2) is 18.7 Å². The number of hydrogen-bond donors (Lipinski definition) is 0. The molecule has 0 aliphatic heterocycles. The second-order valence-electron chi connectivity index (χ2n) is 7.36. The van der Waals surface area contributed by atoms with Crippen LogP contribution in [-0.2, 0) is 12.8 Å². The molecule has 7 heteroatoms. The molecule has 0 bridgehead atoms. The van der Waals surface area contributed by atoms with Crippen LogP contribution < -0.4 is 0 Å². The number of nitrogens with zero attached hydrogens (tertiary/aromatic N) is 6. The Bertz CT molecular complexity index is 1100. The molecule has 2 atom stereocenters. The van der Waals surface area contributed by atoms with Crippen LogP contribution in [0.5, 0.6) is 0 Å².